The smallest absolute Gasteiger partial charge is 0.183 e. The molecule has 1 aromatic carbocycles. The van der Waals surface area contributed by atoms with E-state index < -0.39 is 0 Å². The van der Waals surface area contributed by atoms with E-state index in [1.54, 1.807) is 17.6 Å². The van der Waals surface area contributed by atoms with Crippen LogP contribution in [0.3, 0.4) is 0 Å². The Morgan fingerprint density at radius 3 is 3.10 bits per heavy atom. The van der Waals surface area contributed by atoms with Gasteiger partial charge in [-0.15, -0.1) is 0 Å². The van der Waals surface area contributed by atoms with E-state index in [1.165, 1.54) is 4.70 Å². The van der Waals surface area contributed by atoms with Gasteiger partial charge in [0.15, 0.2) is 5.13 Å². The standard InChI is InChI=1S/C15H15BrN2OS/c1-10(4-6-12-3-2-8-19-12)17-15-18-13-9-11(16)5-7-14(13)20-15/h2-3,5,7-10H,4,6H2,1H3,(H,17,18). The van der Waals surface area contributed by atoms with E-state index in [0.717, 1.165) is 33.7 Å². The molecule has 5 heteroatoms. The van der Waals surface area contributed by atoms with Crippen LogP contribution in [0.15, 0.2) is 45.5 Å². The lowest BCUT2D eigenvalue weighted by Crippen LogP contribution is -2.15. The number of nitrogens with zero attached hydrogens (tertiary/aromatic N) is 1. The maximum absolute atomic E-state index is 5.35. The van der Waals surface area contributed by atoms with Gasteiger partial charge in [0.2, 0.25) is 0 Å². The average Bonchev–Trinajstić information content (AvgIpc) is 3.04. The topological polar surface area (TPSA) is 38.1 Å². The highest BCUT2D eigenvalue weighted by Crippen LogP contribution is 2.28. The minimum atomic E-state index is 0.365. The second kappa shape index (κ2) is 5.97. The first-order valence-corrected chi connectivity index (χ1v) is 8.16. The molecule has 0 aliphatic rings. The third-order valence-electron chi connectivity index (χ3n) is 3.12. The number of benzene rings is 1. The zero-order valence-electron chi connectivity index (χ0n) is 11.1. The molecule has 3 aromatic rings. The highest BCUT2D eigenvalue weighted by molar-refractivity contribution is 9.10. The summed E-state index contributed by atoms with van der Waals surface area (Å²) < 4.78 is 7.61. The fourth-order valence-electron chi connectivity index (χ4n) is 2.06. The van der Waals surface area contributed by atoms with E-state index in [-0.39, 0.29) is 0 Å². The molecule has 0 spiro atoms. The van der Waals surface area contributed by atoms with Gasteiger partial charge in [0.1, 0.15) is 5.76 Å². The summed E-state index contributed by atoms with van der Waals surface area (Å²) in [6.45, 7) is 2.17. The Morgan fingerprint density at radius 2 is 2.30 bits per heavy atom. The Hall–Kier alpha value is -1.33. The minimum absolute atomic E-state index is 0.365. The Balaban J connectivity index is 1.63. The van der Waals surface area contributed by atoms with Crippen LogP contribution >= 0.6 is 27.3 Å². The van der Waals surface area contributed by atoms with Gasteiger partial charge in [0.05, 0.1) is 16.5 Å². The number of anilines is 1. The maximum Gasteiger partial charge on any atom is 0.183 e. The summed E-state index contributed by atoms with van der Waals surface area (Å²) in [4.78, 5) is 4.61. The Morgan fingerprint density at radius 1 is 1.40 bits per heavy atom. The zero-order chi connectivity index (χ0) is 13.9. The van der Waals surface area contributed by atoms with Crippen molar-refractivity contribution in [3.63, 3.8) is 0 Å². The quantitative estimate of drug-likeness (QED) is 0.696. The SMILES string of the molecule is CC(CCc1ccco1)Nc1nc2cc(Br)ccc2s1. The minimum Gasteiger partial charge on any atom is -0.469 e. The predicted molar refractivity (Wildman–Crippen MR) is 87.4 cm³/mol. The molecule has 3 nitrogen and oxygen atoms in total. The van der Waals surface area contributed by atoms with Crippen molar-refractivity contribution in [3.8, 4) is 0 Å². The van der Waals surface area contributed by atoms with Crippen LogP contribution in [0, 0.1) is 0 Å². The number of hydrogen-bond acceptors (Lipinski definition) is 4. The normalized spacial score (nSPS) is 12.7. The molecular formula is C15H15BrN2OS. The number of aromatic nitrogens is 1. The fourth-order valence-corrected chi connectivity index (χ4v) is 3.37. The third-order valence-corrected chi connectivity index (χ3v) is 4.58. The van der Waals surface area contributed by atoms with Gasteiger partial charge in [-0.3, -0.25) is 0 Å². The molecule has 1 unspecified atom stereocenters. The van der Waals surface area contributed by atoms with E-state index in [9.17, 15) is 0 Å². The number of rotatable bonds is 5. The van der Waals surface area contributed by atoms with E-state index in [1.807, 2.05) is 24.3 Å². The number of fused-ring (bicyclic) bond motifs is 1. The molecule has 1 N–H and O–H groups in total. The van der Waals surface area contributed by atoms with Crippen LogP contribution in [0.2, 0.25) is 0 Å². The van der Waals surface area contributed by atoms with Gasteiger partial charge in [-0.05, 0) is 43.7 Å². The molecule has 3 rings (SSSR count). The van der Waals surface area contributed by atoms with Crippen molar-refractivity contribution in [2.45, 2.75) is 25.8 Å². The first-order chi connectivity index (χ1) is 9.70. The summed E-state index contributed by atoms with van der Waals surface area (Å²) in [5.41, 5.74) is 1.03. The number of nitrogens with one attached hydrogen (secondary N) is 1. The lowest BCUT2D eigenvalue weighted by atomic mass is 10.1. The predicted octanol–water partition coefficient (Wildman–Crippen LogP) is 5.09. The van der Waals surface area contributed by atoms with Crippen LogP contribution in [-0.2, 0) is 6.42 Å². The molecule has 0 saturated carbocycles. The second-order valence-electron chi connectivity index (χ2n) is 4.79. The molecule has 0 aliphatic heterocycles. The molecule has 1 atom stereocenters. The van der Waals surface area contributed by atoms with Crippen LogP contribution in [0.25, 0.3) is 10.2 Å². The molecule has 0 radical (unpaired) electrons. The Kier molecular flexibility index (Phi) is 4.08. The summed E-state index contributed by atoms with van der Waals surface area (Å²) >= 11 is 5.16. The van der Waals surface area contributed by atoms with Crippen LogP contribution < -0.4 is 5.32 Å². The molecular weight excluding hydrogens is 336 g/mol. The lowest BCUT2D eigenvalue weighted by molar-refractivity contribution is 0.495. The highest BCUT2D eigenvalue weighted by atomic mass is 79.9. The first-order valence-electron chi connectivity index (χ1n) is 6.56. The van der Waals surface area contributed by atoms with Crippen molar-refractivity contribution in [2.24, 2.45) is 0 Å². The van der Waals surface area contributed by atoms with E-state index in [0.29, 0.717) is 6.04 Å². The molecule has 2 aromatic heterocycles. The van der Waals surface area contributed by atoms with Gasteiger partial charge < -0.3 is 9.73 Å². The first kappa shape index (κ1) is 13.6. The highest BCUT2D eigenvalue weighted by Gasteiger charge is 2.08. The van der Waals surface area contributed by atoms with Gasteiger partial charge in [-0.1, -0.05) is 27.3 Å². The largest absolute Gasteiger partial charge is 0.469 e. The number of halogens is 1. The molecule has 20 heavy (non-hydrogen) atoms. The third kappa shape index (κ3) is 3.22. The molecule has 0 saturated heterocycles. The molecule has 0 aliphatic carbocycles. The molecule has 0 fully saturated rings. The van der Waals surface area contributed by atoms with Gasteiger partial charge in [0.25, 0.3) is 0 Å². The van der Waals surface area contributed by atoms with Crippen LogP contribution in [0.1, 0.15) is 19.1 Å². The Bertz CT molecular complexity index is 693. The van der Waals surface area contributed by atoms with Crippen molar-refractivity contribution in [2.75, 3.05) is 5.32 Å². The number of hydrogen-bond donors (Lipinski definition) is 1. The summed E-state index contributed by atoms with van der Waals surface area (Å²) in [6.07, 6.45) is 3.68. The molecule has 2 heterocycles. The van der Waals surface area contributed by atoms with Crippen LogP contribution in [0.4, 0.5) is 5.13 Å². The summed E-state index contributed by atoms with van der Waals surface area (Å²) in [6, 6.07) is 10.5. The number of aryl methyl sites for hydroxylation is 1. The molecule has 0 amide bonds. The fraction of sp³-hybridized carbons (Fsp3) is 0.267. The average molecular weight is 351 g/mol. The second-order valence-corrected chi connectivity index (χ2v) is 6.74. The van der Waals surface area contributed by atoms with Gasteiger partial charge in [-0.2, -0.15) is 0 Å². The molecule has 104 valence electrons. The van der Waals surface area contributed by atoms with Crippen molar-refractivity contribution in [1.29, 1.82) is 0 Å². The summed E-state index contributed by atoms with van der Waals surface area (Å²) in [5, 5.41) is 4.44. The van der Waals surface area contributed by atoms with Gasteiger partial charge in [0, 0.05) is 16.9 Å². The summed E-state index contributed by atoms with van der Waals surface area (Å²) in [7, 11) is 0. The van der Waals surface area contributed by atoms with Crippen molar-refractivity contribution >= 4 is 42.6 Å². The molecule has 0 bridgehead atoms. The lowest BCUT2D eigenvalue weighted by Gasteiger charge is -2.11. The summed E-state index contributed by atoms with van der Waals surface area (Å²) in [5.74, 6) is 1.03. The van der Waals surface area contributed by atoms with E-state index >= 15 is 0 Å². The van der Waals surface area contributed by atoms with Crippen molar-refractivity contribution < 1.29 is 4.42 Å². The zero-order valence-corrected chi connectivity index (χ0v) is 13.5. The van der Waals surface area contributed by atoms with E-state index in [2.05, 4.69) is 39.2 Å². The maximum atomic E-state index is 5.35. The van der Waals surface area contributed by atoms with Gasteiger partial charge in [-0.25, -0.2) is 4.98 Å². The van der Waals surface area contributed by atoms with Crippen LogP contribution in [-0.4, -0.2) is 11.0 Å². The number of thiazole rings is 1. The Labute approximate surface area is 130 Å². The number of furan rings is 1. The van der Waals surface area contributed by atoms with Crippen LogP contribution in [0.5, 0.6) is 0 Å². The monoisotopic (exact) mass is 350 g/mol. The van der Waals surface area contributed by atoms with Crippen molar-refractivity contribution in [1.82, 2.24) is 4.98 Å². The van der Waals surface area contributed by atoms with Gasteiger partial charge >= 0.3 is 0 Å². The van der Waals surface area contributed by atoms with E-state index in [4.69, 9.17) is 4.42 Å². The van der Waals surface area contributed by atoms with Crippen molar-refractivity contribution in [3.05, 3.63) is 46.8 Å².